The van der Waals surface area contributed by atoms with Gasteiger partial charge in [0.05, 0.1) is 6.42 Å². The molecular weight excluding hydrogens is 362 g/mol. The van der Waals surface area contributed by atoms with Crippen molar-refractivity contribution in [2.75, 3.05) is 13.3 Å². The number of ether oxygens (including phenoxy) is 2. The van der Waals surface area contributed by atoms with Gasteiger partial charge in [0, 0.05) is 5.92 Å². The second kappa shape index (κ2) is 8.12. The zero-order chi connectivity index (χ0) is 20.3. The maximum atomic E-state index is 12.5. The number of rotatable bonds is 6. The summed E-state index contributed by atoms with van der Waals surface area (Å²) in [6, 6.07) is 6.72. The fraction of sp³-hybridized carbons (Fsp3) is 0.286. The minimum absolute atomic E-state index is 0.0640. The number of esters is 1. The Morgan fingerprint density at radius 3 is 2.86 bits per heavy atom. The molecule has 2 aliphatic rings. The summed E-state index contributed by atoms with van der Waals surface area (Å²) in [6.45, 7) is 5.46. The van der Waals surface area contributed by atoms with Crippen LogP contribution in [0.1, 0.15) is 30.4 Å². The molecule has 146 valence electrons. The highest BCUT2D eigenvalue weighted by molar-refractivity contribution is 5.87. The summed E-state index contributed by atoms with van der Waals surface area (Å²) >= 11 is 0. The van der Waals surface area contributed by atoms with Crippen molar-refractivity contribution in [3.63, 3.8) is 0 Å². The molecule has 7 heteroatoms. The molecule has 1 saturated heterocycles. The SMILES string of the molecule is C=C/C=C\C1=C(C)c2ccccc2C1COC(=O)N1COC(=O)[C@@H]1CC(=O)O. The van der Waals surface area contributed by atoms with Crippen LogP contribution in [0.15, 0.2) is 54.6 Å². The summed E-state index contributed by atoms with van der Waals surface area (Å²) in [7, 11) is 0. The molecule has 0 saturated carbocycles. The van der Waals surface area contributed by atoms with Gasteiger partial charge in [0.15, 0.2) is 6.73 Å². The first-order valence-electron chi connectivity index (χ1n) is 8.85. The molecule has 1 aromatic rings. The number of allylic oxidation sites excluding steroid dienone is 4. The summed E-state index contributed by atoms with van der Waals surface area (Å²) < 4.78 is 10.3. The average Bonchev–Trinajstić information content (AvgIpc) is 3.16. The Kier molecular flexibility index (Phi) is 5.63. The molecule has 2 atom stereocenters. The quantitative estimate of drug-likeness (QED) is 0.599. The van der Waals surface area contributed by atoms with E-state index in [4.69, 9.17) is 14.6 Å². The number of carbonyl (C=O) groups excluding carboxylic acids is 2. The highest BCUT2D eigenvalue weighted by Crippen LogP contribution is 2.42. The summed E-state index contributed by atoms with van der Waals surface area (Å²) in [6.07, 6.45) is 4.15. The Morgan fingerprint density at radius 1 is 1.39 bits per heavy atom. The van der Waals surface area contributed by atoms with Crippen molar-refractivity contribution in [2.24, 2.45) is 0 Å². The van der Waals surface area contributed by atoms with Gasteiger partial charge in [-0.2, -0.15) is 0 Å². The lowest BCUT2D eigenvalue weighted by atomic mass is 9.96. The van der Waals surface area contributed by atoms with Crippen LogP contribution in [0.4, 0.5) is 4.79 Å². The molecule has 1 aliphatic heterocycles. The van der Waals surface area contributed by atoms with Crippen molar-refractivity contribution in [3.8, 4) is 0 Å². The monoisotopic (exact) mass is 383 g/mol. The molecule has 0 aromatic heterocycles. The van der Waals surface area contributed by atoms with Gasteiger partial charge in [0.25, 0.3) is 0 Å². The van der Waals surface area contributed by atoms with E-state index < -0.39 is 30.5 Å². The third-order valence-corrected chi connectivity index (χ3v) is 4.93. The highest BCUT2D eigenvalue weighted by atomic mass is 16.6. The molecule has 0 radical (unpaired) electrons. The van der Waals surface area contributed by atoms with Gasteiger partial charge in [-0.25, -0.2) is 9.59 Å². The Labute approximate surface area is 162 Å². The average molecular weight is 383 g/mol. The molecule has 3 rings (SSSR count). The highest BCUT2D eigenvalue weighted by Gasteiger charge is 2.40. The number of carbonyl (C=O) groups is 3. The standard InChI is InChI=1S/C21H21NO6/c1-3-4-7-15-13(2)14-8-5-6-9-16(14)17(15)11-27-21(26)22-12-28-20(25)18(22)10-19(23)24/h3-9,17-18H,1,10-12H2,2H3,(H,23,24)/b7-4-/t17?,18-/m0/s1. The lowest BCUT2D eigenvalue weighted by Gasteiger charge is -2.21. The van der Waals surface area contributed by atoms with Gasteiger partial charge in [-0.1, -0.05) is 49.1 Å². The van der Waals surface area contributed by atoms with E-state index in [1.165, 1.54) is 0 Å². The van der Waals surface area contributed by atoms with Crippen LogP contribution in [0.25, 0.3) is 5.57 Å². The van der Waals surface area contributed by atoms with Crippen LogP contribution in [-0.4, -0.2) is 47.4 Å². The van der Waals surface area contributed by atoms with Crippen LogP contribution >= 0.6 is 0 Å². The number of cyclic esters (lactones) is 1. The second-order valence-electron chi connectivity index (χ2n) is 6.57. The first kappa shape index (κ1) is 19.4. The predicted molar refractivity (Wildman–Crippen MR) is 101 cm³/mol. The minimum Gasteiger partial charge on any atom is -0.481 e. The van der Waals surface area contributed by atoms with Crippen LogP contribution in [-0.2, 0) is 19.1 Å². The van der Waals surface area contributed by atoms with Gasteiger partial charge in [-0.3, -0.25) is 9.69 Å². The molecule has 1 unspecified atom stereocenters. The van der Waals surface area contributed by atoms with E-state index in [9.17, 15) is 14.4 Å². The molecule has 1 aromatic carbocycles. The topological polar surface area (TPSA) is 93.1 Å². The smallest absolute Gasteiger partial charge is 0.413 e. The molecule has 1 heterocycles. The van der Waals surface area contributed by atoms with Crippen molar-refractivity contribution in [1.82, 2.24) is 4.90 Å². The largest absolute Gasteiger partial charge is 0.481 e. The first-order chi connectivity index (χ1) is 13.4. The van der Waals surface area contributed by atoms with E-state index in [0.29, 0.717) is 0 Å². The summed E-state index contributed by atoms with van der Waals surface area (Å²) in [5.74, 6) is -2.09. The Balaban J connectivity index is 1.76. The number of amides is 1. The van der Waals surface area contributed by atoms with E-state index in [-0.39, 0.29) is 19.3 Å². The van der Waals surface area contributed by atoms with Crippen LogP contribution in [0.3, 0.4) is 0 Å². The first-order valence-corrected chi connectivity index (χ1v) is 8.85. The predicted octanol–water partition coefficient (Wildman–Crippen LogP) is 3.10. The maximum Gasteiger partial charge on any atom is 0.413 e. The summed E-state index contributed by atoms with van der Waals surface area (Å²) in [5.41, 5.74) is 4.26. The van der Waals surface area contributed by atoms with Crippen molar-refractivity contribution in [1.29, 1.82) is 0 Å². The fourth-order valence-electron chi connectivity index (χ4n) is 3.54. The number of nitrogens with zero attached hydrogens (tertiary/aromatic N) is 1. The number of hydrogen-bond donors (Lipinski definition) is 1. The number of hydrogen-bond acceptors (Lipinski definition) is 5. The molecule has 0 spiro atoms. The molecule has 1 aliphatic carbocycles. The van der Waals surface area contributed by atoms with E-state index in [1.807, 2.05) is 43.3 Å². The Bertz CT molecular complexity index is 885. The third kappa shape index (κ3) is 3.69. The van der Waals surface area contributed by atoms with Gasteiger partial charge in [-0.15, -0.1) is 0 Å². The van der Waals surface area contributed by atoms with Gasteiger partial charge in [0.2, 0.25) is 0 Å². The molecule has 0 bridgehead atoms. The Morgan fingerprint density at radius 2 is 2.14 bits per heavy atom. The normalized spacial score (nSPS) is 21.0. The summed E-state index contributed by atoms with van der Waals surface area (Å²) in [4.78, 5) is 36.1. The molecule has 1 fully saturated rings. The zero-order valence-corrected chi connectivity index (χ0v) is 15.5. The van der Waals surface area contributed by atoms with E-state index in [0.717, 1.165) is 27.2 Å². The van der Waals surface area contributed by atoms with Crippen LogP contribution in [0.5, 0.6) is 0 Å². The Hall–Kier alpha value is -3.35. The second-order valence-corrected chi connectivity index (χ2v) is 6.57. The van der Waals surface area contributed by atoms with Crippen LogP contribution in [0, 0.1) is 0 Å². The van der Waals surface area contributed by atoms with Crippen molar-refractivity contribution < 1.29 is 29.0 Å². The lowest BCUT2D eigenvalue weighted by Crippen LogP contribution is -2.40. The zero-order valence-electron chi connectivity index (χ0n) is 15.5. The molecule has 28 heavy (non-hydrogen) atoms. The molecule has 1 N–H and O–H groups in total. The molecule has 7 nitrogen and oxygen atoms in total. The van der Waals surface area contributed by atoms with Gasteiger partial charge >= 0.3 is 18.0 Å². The fourth-order valence-corrected chi connectivity index (χ4v) is 3.54. The number of carboxylic acids is 1. The van der Waals surface area contributed by atoms with Crippen molar-refractivity contribution >= 4 is 23.6 Å². The van der Waals surface area contributed by atoms with Gasteiger partial charge in [-0.05, 0) is 29.2 Å². The number of benzene rings is 1. The number of fused-ring (bicyclic) bond motifs is 1. The van der Waals surface area contributed by atoms with Gasteiger partial charge in [0.1, 0.15) is 12.6 Å². The molecular formula is C21H21NO6. The van der Waals surface area contributed by atoms with E-state index >= 15 is 0 Å². The van der Waals surface area contributed by atoms with E-state index in [1.54, 1.807) is 6.08 Å². The summed E-state index contributed by atoms with van der Waals surface area (Å²) in [5, 5.41) is 8.94. The van der Waals surface area contributed by atoms with Crippen LogP contribution < -0.4 is 0 Å². The van der Waals surface area contributed by atoms with E-state index in [2.05, 4.69) is 6.58 Å². The molecule has 1 amide bonds. The maximum absolute atomic E-state index is 12.5. The van der Waals surface area contributed by atoms with Gasteiger partial charge < -0.3 is 14.6 Å². The number of carboxylic acid groups (broad SMARTS) is 1. The number of aliphatic carboxylic acids is 1. The van der Waals surface area contributed by atoms with Crippen molar-refractivity contribution in [3.05, 3.63) is 65.8 Å². The van der Waals surface area contributed by atoms with Crippen molar-refractivity contribution in [2.45, 2.75) is 25.3 Å². The minimum atomic E-state index is -1.19. The lowest BCUT2D eigenvalue weighted by molar-refractivity contribution is -0.144. The third-order valence-electron chi connectivity index (χ3n) is 4.93. The van der Waals surface area contributed by atoms with Crippen LogP contribution in [0.2, 0.25) is 0 Å².